The highest BCUT2D eigenvalue weighted by atomic mass is 15.3. The van der Waals surface area contributed by atoms with Crippen LogP contribution < -0.4 is 5.73 Å². The van der Waals surface area contributed by atoms with Crippen LogP contribution in [0.2, 0.25) is 0 Å². The van der Waals surface area contributed by atoms with Crippen LogP contribution in [0.25, 0.3) is 0 Å². The number of hydrogen-bond donors (Lipinski definition) is 1. The molecule has 0 amide bonds. The third kappa shape index (κ3) is 1.61. The van der Waals surface area contributed by atoms with Gasteiger partial charge >= 0.3 is 0 Å². The summed E-state index contributed by atoms with van der Waals surface area (Å²) in [6.07, 6.45) is 5.42. The Bertz CT molecular complexity index is 279. The molecule has 0 bridgehead atoms. The van der Waals surface area contributed by atoms with Crippen molar-refractivity contribution < 1.29 is 0 Å². The first kappa shape index (κ1) is 8.75. The third-order valence-electron chi connectivity index (χ3n) is 2.94. The van der Waals surface area contributed by atoms with Gasteiger partial charge < -0.3 is 5.73 Å². The fraction of sp³-hybridized carbons (Fsp3) is 0.700. The topological polar surface area (TPSA) is 43.8 Å². The van der Waals surface area contributed by atoms with Gasteiger partial charge in [-0.05, 0) is 32.3 Å². The highest BCUT2D eigenvalue weighted by Gasteiger charge is 2.25. The van der Waals surface area contributed by atoms with Crippen LogP contribution in [-0.4, -0.2) is 15.8 Å². The van der Waals surface area contributed by atoms with Crippen molar-refractivity contribution in [2.45, 2.75) is 44.7 Å². The summed E-state index contributed by atoms with van der Waals surface area (Å²) in [5.41, 5.74) is 7.26. The van der Waals surface area contributed by atoms with Gasteiger partial charge in [-0.15, -0.1) is 0 Å². The average molecular weight is 179 g/mol. The zero-order chi connectivity index (χ0) is 9.26. The summed E-state index contributed by atoms with van der Waals surface area (Å²) in [6, 6.07) is 2.54. The smallest absolute Gasteiger partial charge is 0.0492 e. The molecule has 0 saturated heterocycles. The number of nitrogens with zero attached hydrogens (tertiary/aromatic N) is 2. The van der Waals surface area contributed by atoms with Gasteiger partial charge in [0.25, 0.3) is 0 Å². The second-order valence-corrected chi connectivity index (χ2v) is 3.84. The molecule has 3 nitrogen and oxygen atoms in total. The zero-order valence-corrected chi connectivity index (χ0v) is 8.11. The first-order valence-corrected chi connectivity index (χ1v) is 5.08. The molecule has 1 aliphatic rings. The standard InChI is InChI=1S/C10H17N3/c1-2-13-10(5-6-12-13)8-3-4-9(11)7-8/h5-6,8-9H,2-4,7,11H2,1H3/t8-,9-/m0/s1. The number of hydrogen-bond acceptors (Lipinski definition) is 2. The SMILES string of the molecule is CCn1nccc1[C@H]1CC[C@H](N)C1. The second kappa shape index (κ2) is 3.50. The van der Waals surface area contributed by atoms with Crippen LogP contribution in [0.1, 0.15) is 37.8 Å². The van der Waals surface area contributed by atoms with Crippen molar-refractivity contribution >= 4 is 0 Å². The molecular weight excluding hydrogens is 162 g/mol. The maximum Gasteiger partial charge on any atom is 0.0492 e. The van der Waals surface area contributed by atoms with Crippen molar-refractivity contribution in [3.63, 3.8) is 0 Å². The lowest BCUT2D eigenvalue weighted by Crippen LogP contribution is -2.15. The van der Waals surface area contributed by atoms with E-state index in [2.05, 4.69) is 22.8 Å². The van der Waals surface area contributed by atoms with E-state index in [0.717, 1.165) is 13.0 Å². The first-order chi connectivity index (χ1) is 6.31. The first-order valence-electron chi connectivity index (χ1n) is 5.08. The van der Waals surface area contributed by atoms with Gasteiger partial charge in [0, 0.05) is 30.4 Å². The number of aromatic nitrogens is 2. The summed E-state index contributed by atoms with van der Waals surface area (Å²) in [5.74, 6) is 0.650. The van der Waals surface area contributed by atoms with Gasteiger partial charge in [-0.3, -0.25) is 4.68 Å². The average Bonchev–Trinajstić information content (AvgIpc) is 2.71. The van der Waals surface area contributed by atoms with Crippen LogP contribution in [0.3, 0.4) is 0 Å². The van der Waals surface area contributed by atoms with Gasteiger partial charge in [0.2, 0.25) is 0 Å². The molecule has 2 N–H and O–H groups in total. The summed E-state index contributed by atoms with van der Waals surface area (Å²) >= 11 is 0. The minimum Gasteiger partial charge on any atom is -0.328 e. The van der Waals surface area contributed by atoms with Crippen LogP contribution in [0.4, 0.5) is 0 Å². The molecule has 13 heavy (non-hydrogen) atoms. The van der Waals surface area contributed by atoms with Crippen LogP contribution in [0.15, 0.2) is 12.3 Å². The van der Waals surface area contributed by atoms with E-state index in [-0.39, 0.29) is 0 Å². The monoisotopic (exact) mass is 179 g/mol. The van der Waals surface area contributed by atoms with E-state index in [0.29, 0.717) is 12.0 Å². The molecule has 1 aliphatic carbocycles. The molecule has 1 aromatic rings. The Morgan fingerprint density at radius 3 is 3.08 bits per heavy atom. The number of rotatable bonds is 2. The molecule has 72 valence electrons. The van der Waals surface area contributed by atoms with E-state index in [4.69, 9.17) is 5.73 Å². The molecule has 1 aromatic heterocycles. The molecule has 1 saturated carbocycles. The Morgan fingerprint density at radius 1 is 1.62 bits per heavy atom. The maximum absolute atomic E-state index is 5.89. The summed E-state index contributed by atoms with van der Waals surface area (Å²) in [4.78, 5) is 0. The Morgan fingerprint density at radius 2 is 2.46 bits per heavy atom. The molecule has 0 aliphatic heterocycles. The van der Waals surface area contributed by atoms with Gasteiger partial charge in [-0.2, -0.15) is 5.10 Å². The minimum absolute atomic E-state index is 0.408. The van der Waals surface area contributed by atoms with E-state index in [9.17, 15) is 0 Å². The van der Waals surface area contributed by atoms with Crippen LogP contribution in [-0.2, 0) is 6.54 Å². The molecule has 0 radical (unpaired) electrons. The predicted octanol–water partition coefficient (Wildman–Crippen LogP) is 1.50. The van der Waals surface area contributed by atoms with E-state index < -0.39 is 0 Å². The maximum atomic E-state index is 5.89. The van der Waals surface area contributed by atoms with Crippen LogP contribution >= 0.6 is 0 Å². The quantitative estimate of drug-likeness (QED) is 0.747. The van der Waals surface area contributed by atoms with Crippen molar-refractivity contribution in [3.8, 4) is 0 Å². The lowest BCUT2D eigenvalue weighted by atomic mass is 10.0. The molecule has 0 aromatic carbocycles. The molecule has 0 unspecified atom stereocenters. The van der Waals surface area contributed by atoms with Gasteiger partial charge in [0.1, 0.15) is 0 Å². The van der Waals surface area contributed by atoms with E-state index in [1.165, 1.54) is 18.5 Å². The summed E-state index contributed by atoms with van der Waals surface area (Å²) in [5, 5.41) is 4.28. The van der Waals surface area contributed by atoms with Gasteiger partial charge in [-0.25, -0.2) is 0 Å². The summed E-state index contributed by atoms with van der Waals surface area (Å²) in [6.45, 7) is 3.10. The zero-order valence-electron chi connectivity index (χ0n) is 8.11. The molecule has 1 heterocycles. The summed E-state index contributed by atoms with van der Waals surface area (Å²) < 4.78 is 2.09. The molecule has 2 atom stereocenters. The Hall–Kier alpha value is -0.830. The normalized spacial score (nSPS) is 28.2. The molecular formula is C10H17N3. The van der Waals surface area contributed by atoms with Crippen molar-refractivity contribution in [2.24, 2.45) is 5.73 Å². The van der Waals surface area contributed by atoms with Gasteiger partial charge in [0.15, 0.2) is 0 Å². The fourth-order valence-electron chi connectivity index (χ4n) is 2.24. The fourth-order valence-corrected chi connectivity index (χ4v) is 2.24. The Labute approximate surface area is 78.9 Å². The lowest BCUT2D eigenvalue weighted by molar-refractivity contribution is 0.563. The molecule has 3 heteroatoms. The number of nitrogens with two attached hydrogens (primary N) is 1. The van der Waals surface area contributed by atoms with E-state index in [1.54, 1.807) is 0 Å². The third-order valence-corrected chi connectivity index (χ3v) is 2.94. The highest BCUT2D eigenvalue weighted by molar-refractivity contribution is 5.10. The van der Waals surface area contributed by atoms with E-state index >= 15 is 0 Å². The van der Waals surface area contributed by atoms with Crippen molar-refractivity contribution in [2.75, 3.05) is 0 Å². The Balaban J connectivity index is 2.16. The van der Waals surface area contributed by atoms with Crippen molar-refractivity contribution in [3.05, 3.63) is 18.0 Å². The van der Waals surface area contributed by atoms with Crippen molar-refractivity contribution in [1.29, 1.82) is 0 Å². The van der Waals surface area contributed by atoms with Crippen LogP contribution in [0.5, 0.6) is 0 Å². The highest BCUT2D eigenvalue weighted by Crippen LogP contribution is 2.33. The minimum atomic E-state index is 0.408. The Kier molecular flexibility index (Phi) is 2.36. The molecule has 2 rings (SSSR count). The van der Waals surface area contributed by atoms with E-state index in [1.807, 2.05) is 6.20 Å². The van der Waals surface area contributed by atoms with Gasteiger partial charge in [-0.1, -0.05) is 0 Å². The number of aryl methyl sites for hydroxylation is 1. The molecule has 0 spiro atoms. The lowest BCUT2D eigenvalue weighted by Gasteiger charge is -2.11. The molecule has 1 fully saturated rings. The second-order valence-electron chi connectivity index (χ2n) is 3.84. The van der Waals surface area contributed by atoms with Crippen LogP contribution in [0, 0.1) is 0 Å². The predicted molar refractivity (Wildman–Crippen MR) is 52.5 cm³/mol. The van der Waals surface area contributed by atoms with Crippen molar-refractivity contribution in [1.82, 2.24) is 9.78 Å². The largest absolute Gasteiger partial charge is 0.328 e. The summed E-state index contributed by atoms with van der Waals surface area (Å²) in [7, 11) is 0. The van der Waals surface area contributed by atoms with Gasteiger partial charge in [0.05, 0.1) is 0 Å².